The van der Waals surface area contributed by atoms with Crippen molar-refractivity contribution in [3.05, 3.63) is 42.5 Å². The van der Waals surface area contributed by atoms with E-state index in [1.165, 1.54) is 0 Å². The van der Waals surface area contributed by atoms with Crippen LogP contribution in [0.3, 0.4) is 0 Å². The first kappa shape index (κ1) is 11.8. The third kappa shape index (κ3) is 3.40. The summed E-state index contributed by atoms with van der Waals surface area (Å²) >= 11 is 0. The summed E-state index contributed by atoms with van der Waals surface area (Å²) in [6, 6.07) is 7.91. The SMILES string of the molecule is C=CCC(N)c1ccccc1OCCC. The van der Waals surface area contributed by atoms with E-state index in [4.69, 9.17) is 10.5 Å². The molecule has 1 unspecified atom stereocenters. The Morgan fingerprint density at radius 3 is 2.87 bits per heavy atom. The van der Waals surface area contributed by atoms with Crippen LogP contribution in [0.15, 0.2) is 36.9 Å². The molecule has 0 saturated carbocycles. The van der Waals surface area contributed by atoms with Crippen LogP contribution in [-0.4, -0.2) is 6.61 Å². The Bertz CT molecular complexity index is 309. The van der Waals surface area contributed by atoms with Gasteiger partial charge in [-0.15, -0.1) is 6.58 Å². The van der Waals surface area contributed by atoms with Gasteiger partial charge in [-0.05, 0) is 18.9 Å². The number of hydrogen-bond acceptors (Lipinski definition) is 2. The van der Waals surface area contributed by atoms with Crippen molar-refractivity contribution < 1.29 is 4.74 Å². The molecule has 15 heavy (non-hydrogen) atoms. The van der Waals surface area contributed by atoms with Crippen molar-refractivity contribution in [2.45, 2.75) is 25.8 Å². The molecule has 1 rings (SSSR count). The Morgan fingerprint density at radius 2 is 2.20 bits per heavy atom. The van der Waals surface area contributed by atoms with Gasteiger partial charge in [0.05, 0.1) is 6.61 Å². The van der Waals surface area contributed by atoms with Crippen LogP contribution in [0, 0.1) is 0 Å². The molecule has 2 heteroatoms. The first-order valence-electron chi connectivity index (χ1n) is 5.37. The fourth-order valence-corrected chi connectivity index (χ4v) is 1.44. The Labute approximate surface area is 91.7 Å². The van der Waals surface area contributed by atoms with Gasteiger partial charge >= 0.3 is 0 Å². The van der Waals surface area contributed by atoms with E-state index in [0.717, 1.165) is 30.8 Å². The van der Waals surface area contributed by atoms with E-state index in [-0.39, 0.29) is 6.04 Å². The highest BCUT2D eigenvalue weighted by atomic mass is 16.5. The molecule has 1 aromatic rings. The van der Waals surface area contributed by atoms with Crippen LogP contribution >= 0.6 is 0 Å². The topological polar surface area (TPSA) is 35.2 Å². The van der Waals surface area contributed by atoms with Crippen molar-refractivity contribution in [3.63, 3.8) is 0 Å². The maximum absolute atomic E-state index is 6.03. The molecule has 0 radical (unpaired) electrons. The predicted octanol–water partition coefficient (Wildman–Crippen LogP) is 3.05. The Kier molecular flexibility index (Phi) is 4.91. The minimum Gasteiger partial charge on any atom is -0.493 e. The van der Waals surface area contributed by atoms with E-state index < -0.39 is 0 Å². The van der Waals surface area contributed by atoms with Crippen molar-refractivity contribution in [2.24, 2.45) is 5.73 Å². The first-order chi connectivity index (χ1) is 7.29. The summed E-state index contributed by atoms with van der Waals surface area (Å²) in [4.78, 5) is 0. The van der Waals surface area contributed by atoms with Gasteiger partial charge in [0.15, 0.2) is 0 Å². The second kappa shape index (κ2) is 6.25. The van der Waals surface area contributed by atoms with E-state index in [1.807, 2.05) is 30.3 Å². The first-order valence-corrected chi connectivity index (χ1v) is 5.37. The number of ether oxygens (including phenoxy) is 1. The molecule has 2 nitrogen and oxygen atoms in total. The second-order valence-electron chi connectivity index (χ2n) is 3.52. The van der Waals surface area contributed by atoms with Crippen molar-refractivity contribution in [3.8, 4) is 5.75 Å². The summed E-state index contributed by atoms with van der Waals surface area (Å²) < 4.78 is 5.64. The average molecular weight is 205 g/mol. The van der Waals surface area contributed by atoms with Crippen LogP contribution in [0.1, 0.15) is 31.4 Å². The molecule has 0 aliphatic heterocycles. The fourth-order valence-electron chi connectivity index (χ4n) is 1.44. The smallest absolute Gasteiger partial charge is 0.124 e. The van der Waals surface area contributed by atoms with Crippen LogP contribution < -0.4 is 10.5 Å². The number of benzene rings is 1. The summed E-state index contributed by atoms with van der Waals surface area (Å²) in [5.41, 5.74) is 7.09. The Hall–Kier alpha value is -1.28. The average Bonchev–Trinajstić information content (AvgIpc) is 2.27. The van der Waals surface area contributed by atoms with E-state index >= 15 is 0 Å². The van der Waals surface area contributed by atoms with Gasteiger partial charge in [0.2, 0.25) is 0 Å². The molecule has 0 aliphatic carbocycles. The minimum atomic E-state index is -0.0180. The molecular weight excluding hydrogens is 186 g/mol. The molecule has 0 bridgehead atoms. The lowest BCUT2D eigenvalue weighted by Crippen LogP contribution is -2.11. The number of para-hydroxylation sites is 1. The molecule has 82 valence electrons. The quantitative estimate of drug-likeness (QED) is 0.724. The third-order valence-corrected chi connectivity index (χ3v) is 2.20. The number of hydrogen-bond donors (Lipinski definition) is 1. The zero-order valence-electron chi connectivity index (χ0n) is 9.28. The van der Waals surface area contributed by atoms with Crippen LogP contribution in [0.25, 0.3) is 0 Å². The van der Waals surface area contributed by atoms with E-state index in [1.54, 1.807) is 0 Å². The Balaban J connectivity index is 2.80. The van der Waals surface area contributed by atoms with Gasteiger partial charge < -0.3 is 10.5 Å². The van der Waals surface area contributed by atoms with Crippen LogP contribution in [0.4, 0.5) is 0 Å². The molecule has 0 saturated heterocycles. The third-order valence-electron chi connectivity index (χ3n) is 2.20. The maximum atomic E-state index is 6.03. The van der Waals surface area contributed by atoms with Crippen LogP contribution in [0.2, 0.25) is 0 Å². The van der Waals surface area contributed by atoms with E-state index in [2.05, 4.69) is 13.5 Å². The number of nitrogens with two attached hydrogens (primary N) is 1. The lowest BCUT2D eigenvalue weighted by atomic mass is 10.0. The molecule has 0 fully saturated rings. The molecule has 1 aromatic carbocycles. The van der Waals surface area contributed by atoms with Crippen molar-refractivity contribution in [2.75, 3.05) is 6.61 Å². The zero-order valence-corrected chi connectivity index (χ0v) is 9.28. The van der Waals surface area contributed by atoms with Gasteiger partial charge in [0.1, 0.15) is 5.75 Å². The molecule has 0 amide bonds. The number of rotatable bonds is 6. The molecule has 0 aliphatic rings. The lowest BCUT2D eigenvalue weighted by molar-refractivity contribution is 0.312. The molecular formula is C13H19NO. The van der Waals surface area contributed by atoms with Crippen molar-refractivity contribution in [1.82, 2.24) is 0 Å². The highest BCUT2D eigenvalue weighted by molar-refractivity contribution is 5.36. The van der Waals surface area contributed by atoms with Gasteiger partial charge in [0, 0.05) is 11.6 Å². The van der Waals surface area contributed by atoms with Gasteiger partial charge in [-0.25, -0.2) is 0 Å². The highest BCUT2D eigenvalue weighted by Gasteiger charge is 2.09. The van der Waals surface area contributed by atoms with Crippen LogP contribution in [-0.2, 0) is 0 Å². The monoisotopic (exact) mass is 205 g/mol. The fraction of sp³-hybridized carbons (Fsp3) is 0.385. The van der Waals surface area contributed by atoms with Crippen molar-refractivity contribution in [1.29, 1.82) is 0 Å². The molecule has 1 atom stereocenters. The normalized spacial score (nSPS) is 12.1. The van der Waals surface area contributed by atoms with Crippen LogP contribution in [0.5, 0.6) is 5.75 Å². The summed E-state index contributed by atoms with van der Waals surface area (Å²) in [7, 11) is 0. The van der Waals surface area contributed by atoms with Gasteiger partial charge in [-0.1, -0.05) is 31.2 Å². The van der Waals surface area contributed by atoms with Crippen molar-refractivity contribution >= 4 is 0 Å². The zero-order chi connectivity index (χ0) is 11.1. The van der Waals surface area contributed by atoms with E-state index in [0.29, 0.717) is 0 Å². The summed E-state index contributed by atoms with van der Waals surface area (Å²) in [6.45, 7) is 6.52. The standard InChI is InChI=1S/C13H19NO/c1-3-7-12(14)11-8-5-6-9-13(11)15-10-4-2/h3,5-6,8-9,12H,1,4,7,10,14H2,2H3. The summed E-state index contributed by atoms with van der Waals surface area (Å²) in [5, 5.41) is 0. The predicted molar refractivity (Wildman–Crippen MR) is 64.0 cm³/mol. The highest BCUT2D eigenvalue weighted by Crippen LogP contribution is 2.25. The van der Waals surface area contributed by atoms with E-state index in [9.17, 15) is 0 Å². The lowest BCUT2D eigenvalue weighted by Gasteiger charge is -2.15. The summed E-state index contributed by atoms with van der Waals surface area (Å²) in [5.74, 6) is 0.897. The summed E-state index contributed by atoms with van der Waals surface area (Å²) in [6.07, 6.45) is 3.61. The molecule has 0 heterocycles. The molecule has 2 N–H and O–H groups in total. The molecule has 0 aromatic heterocycles. The van der Waals surface area contributed by atoms with Gasteiger partial charge in [-0.3, -0.25) is 0 Å². The molecule has 0 spiro atoms. The Morgan fingerprint density at radius 1 is 1.47 bits per heavy atom. The minimum absolute atomic E-state index is 0.0180. The maximum Gasteiger partial charge on any atom is 0.124 e. The van der Waals surface area contributed by atoms with Gasteiger partial charge in [-0.2, -0.15) is 0 Å². The largest absolute Gasteiger partial charge is 0.493 e. The second-order valence-corrected chi connectivity index (χ2v) is 3.52. The van der Waals surface area contributed by atoms with Gasteiger partial charge in [0.25, 0.3) is 0 Å².